The van der Waals surface area contributed by atoms with Crippen molar-refractivity contribution in [2.45, 2.75) is 17.4 Å². The van der Waals surface area contributed by atoms with E-state index in [4.69, 9.17) is 9.47 Å². The highest BCUT2D eigenvalue weighted by atomic mass is 16.6. The highest BCUT2D eigenvalue weighted by Gasteiger charge is 2.73. The minimum atomic E-state index is -1.90. The fourth-order valence-electron chi connectivity index (χ4n) is 5.08. The molecule has 8 heteroatoms. The minimum Gasteiger partial charge on any atom is -0.511 e. The molecule has 0 unspecified atom stereocenters. The number of nitrogens with zero attached hydrogens (tertiary/aromatic N) is 1. The van der Waals surface area contributed by atoms with Crippen molar-refractivity contribution in [3.8, 4) is 0 Å². The Morgan fingerprint density at radius 2 is 1.60 bits per heavy atom. The van der Waals surface area contributed by atoms with Gasteiger partial charge in [-0.3, -0.25) is 14.9 Å². The number of hydrogen-bond acceptors (Lipinski definition) is 7. The Balaban J connectivity index is 2.17. The van der Waals surface area contributed by atoms with Crippen molar-refractivity contribution in [1.82, 2.24) is 0 Å². The van der Waals surface area contributed by atoms with Gasteiger partial charge in [-0.15, -0.1) is 0 Å². The molecule has 8 nitrogen and oxygen atoms in total. The maximum atomic E-state index is 12.8. The molecule has 2 aliphatic rings. The van der Waals surface area contributed by atoms with E-state index in [1.165, 1.54) is 0 Å². The van der Waals surface area contributed by atoms with Crippen molar-refractivity contribution in [2.24, 2.45) is 5.92 Å². The van der Waals surface area contributed by atoms with Crippen LogP contribution in [0.4, 0.5) is 0 Å². The van der Waals surface area contributed by atoms with E-state index in [2.05, 4.69) is 0 Å². The molecule has 154 valence electrons. The third-order valence-corrected chi connectivity index (χ3v) is 6.15. The first kappa shape index (κ1) is 19.6. The summed E-state index contributed by atoms with van der Waals surface area (Å²) in [6.07, 6.45) is 0. The van der Waals surface area contributed by atoms with Gasteiger partial charge in [0.25, 0.3) is 5.54 Å². The highest BCUT2D eigenvalue weighted by molar-refractivity contribution is 5.95. The molecule has 2 aromatic rings. The summed E-state index contributed by atoms with van der Waals surface area (Å²) < 4.78 is 9.75. The van der Waals surface area contributed by atoms with E-state index < -0.39 is 45.9 Å². The van der Waals surface area contributed by atoms with Crippen LogP contribution in [0.5, 0.6) is 0 Å². The zero-order valence-electron chi connectivity index (χ0n) is 16.3. The summed E-state index contributed by atoms with van der Waals surface area (Å²) in [4.78, 5) is 37.9. The molecule has 0 spiro atoms. The lowest BCUT2D eigenvalue weighted by Crippen LogP contribution is -2.51. The van der Waals surface area contributed by atoms with Gasteiger partial charge < -0.3 is 14.6 Å². The number of benzene rings is 2. The lowest BCUT2D eigenvalue weighted by atomic mass is 9.62. The molecule has 30 heavy (non-hydrogen) atoms. The van der Waals surface area contributed by atoms with Crippen LogP contribution in [-0.2, 0) is 24.6 Å². The number of carbonyl (C=O) groups excluding carboxylic acids is 2. The molecule has 4 rings (SSSR count). The van der Waals surface area contributed by atoms with Gasteiger partial charge in [0, 0.05) is 10.5 Å². The smallest absolute Gasteiger partial charge is 0.338 e. The molecule has 2 bridgehead atoms. The van der Waals surface area contributed by atoms with Crippen LogP contribution in [0.15, 0.2) is 65.9 Å². The SMILES string of the molecule is COC(=O)C1=C(O)[C@H](C(=O)OC)[C@@H]2c3ccccc3[C@H]1[C@@]2(c1ccccc1)[N+](=O)[O-]. The molecule has 0 aliphatic heterocycles. The maximum Gasteiger partial charge on any atom is 0.338 e. The van der Waals surface area contributed by atoms with Gasteiger partial charge in [-0.25, -0.2) is 4.79 Å². The van der Waals surface area contributed by atoms with E-state index in [0.29, 0.717) is 16.7 Å². The fraction of sp³-hybridized carbons (Fsp3) is 0.273. The molecule has 1 N–H and O–H groups in total. The average molecular weight is 409 g/mol. The molecule has 0 radical (unpaired) electrons. The number of fused-ring (bicyclic) bond motifs is 5. The Hall–Kier alpha value is -3.68. The lowest BCUT2D eigenvalue weighted by Gasteiger charge is -2.40. The van der Waals surface area contributed by atoms with Gasteiger partial charge in [0.1, 0.15) is 11.7 Å². The summed E-state index contributed by atoms with van der Waals surface area (Å²) in [5.74, 6) is -5.98. The zero-order chi connectivity index (χ0) is 21.6. The summed E-state index contributed by atoms with van der Waals surface area (Å²) in [7, 11) is 2.26. The number of aliphatic hydroxyl groups is 1. The Labute approximate surface area is 171 Å². The molecule has 2 aliphatic carbocycles. The first-order chi connectivity index (χ1) is 14.4. The number of esters is 2. The second-order valence-corrected chi connectivity index (χ2v) is 7.28. The number of nitro groups is 1. The Morgan fingerprint density at radius 1 is 1.00 bits per heavy atom. The van der Waals surface area contributed by atoms with E-state index in [9.17, 15) is 24.8 Å². The largest absolute Gasteiger partial charge is 0.511 e. The minimum absolute atomic E-state index is 0.297. The van der Waals surface area contributed by atoms with Gasteiger partial charge in [-0.1, -0.05) is 54.6 Å². The van der Waals surface area contributed by atoms with Gasteiger partial charge >= 0.3 is 11.9 Å². The first-order valence-electron chi connectivity index (χ1n) is 9.29. The Bertz CT molecular complexity index is 1080. The standard InChI is InChI=1S/C22H19NO7/c1-29-20(25)15-17-13-10-6-7-11-14(13)18(16(19(15)24)21(26)30-2)22(17,23(27)28)12-8-4-3-5-9-12/h3-11,15,17-18,24H,1-2H3/t15-,17+,18-,22+/m1/s1. The summed E-state index contributed by atoms with van der Waals surface area (Å²) in [6, 6.07) is 15.0. The van der Waals surface area contributed by atoms with Gasteiger partial charge in [-0.2, -0.15) is 0 Å². The van der Waals surface area contributed by atoms with Crippen LogP contribution in [0.3, 0.4) is 0 Å². The summed E-state index contributed by atoms with van der Waals surface area (Å²) >= 11 is 0. The van der Waals surface area contributed by atoms with E-state index in [-0.39, 0.29) is 5.57 Å². The number of rotatable bonds is 4. The molecular weight excluding hydrogens is 390 g/mol. The van der Waals surface area contributed by atoms with E-state index in [1.54, 1.807) is 54.6 Å². The van der Waals surface area contributed by atoms with E-state index >= 15 is 0 Å². The molecule has 0 heterocycles. The number of carbonyl (C=O) groups is 2. The lowest BCUT2D eigenvalue weighted by molar-refractivity contribution is -0.588. The van der Waals surface area contributed by atoms with Crippen molar-refractivity contribution < 1.29 is 29.1 Å². The van der Waals surface area contributed by atoms with Crippen LogP contribution in [0.1, 0.15) is 28.5 Å². The number of aliphatic hydroxyl groups excluding tert-OH is 1. The van der Waals surface area contributed by atoms with E-state index in [0.717, 1.165) is 14.2 Å². The van der Waals surface area contributed by atoms with Crippen molar-refractivity contribution >= 4 is 11.9 Å². The Morgan fingerprint density at radius 3 is 2.17 bits per heavy atom. The average Bonchev–Trinajstić information content (AvgIpc) is 3.00. The van der Waals surface area contributed by atoms with Crippen molar-refractivity contribution in [3.63, 3.8) is 0 Å². The molecule has 0 amide bonds. The molecule has 0 saturated carbocycles. The summed E-state index contributed by atoms with van der Waals surface area (Å²) in [6.45, 7) is 0. The zero-order valence-corrected chi connectivity index (χ0v) is 16.3. The topological polar surface area (TPSA) is 116 Å². The highest BCUT2D eigenvalue weighted by Crippen LogP contribution is 2.66. The van der Waals surface area contributed by atoms with Crippen molar-refractivity contribution in [3.05, 3.63) is 92.7 Å². The maximum absolute atomic E-state index is 12.8. The fourth-order valence-corrected chi connectivity index (χ4v) is 5.08. The molecule has 0 aromatic heterocycles. The van der Waals surface area contributed by atoms with Crippen LogP contribution in [0.25, 0.3) is 0 Å². The first-order valence-corrected chi connectivity index (χ1v) is 9.29. The number of methoxy groups -OCH3 is 2. The monoisotopic (exact) mass is 409 g/mol. The molecule has 4 atom stereocenters. The normalized spacial score (nSPS) is 26.7. The second kappa shape index (κ2) is 6.98. The predicted octanol–water partition coefficient (Wildman–Crippen LogP) is 2.83. The van der Waals surface area contributed by atoms with Crippen LogP contribution >= 0.6 is 0 Å². The quantitative estimate of drug-likeness (QED) is 0.469. The van der Waals surface area contributed by atoms with Crippen molar-refractivity contribution in [2.75, 3.05) is 14.2 Å². The van der Waals surface area contributed by atoms with Gasteiger partial charge in [0.15, 0.2) is 0 Å². The van der Waals surface area contributed by atoms with Gasteiger partial charge in [-0.05, 0) is 11.1 Å². The third-order valence-electron chi connectivity index (χ3n) is 6.15. The Kier molecular flexibility index (Phi) is 4.57. The summed E-state index contributed by atoms with van der Waals surface area (Å²) in [5, 5.41) is 23.8. The van der Waals surface area contributed by atoms with E-state index in [1.807, 2.05) is 0 Å². The van der Waals surface area contributed by atoms with Gasteiger partial charge in [0.05, 0.1) is 31.6 Å². The predicted molar refractivity (Wildman–Crippen MR) is 104 cm³/mol. The number of ether oxygens (including phenoxy) is 2. The molecule has 0 fully saturated rings. The van der Waals surface area contributed by atoms with Crippen LogP contribution in [0.2, 0.25) is 0 Å². The third kappa shape index (κ3) is 2.33. The summed E-state index contributed by atoms with van der Waals surface area (Å²) in [5.41, 5.74) is -0.858. The number of hydrogen-bond donors (Lipinski definition) is 1. The van der Waals surface area contributed by atoms with Crippen LogP contribution in [-0.4, -0.2) is 36.2 Å². The molecule has 2 aromatic carbocycles. The van der Waals surface area contributed by atoms with Crippen molar-refractivity contribution in [1.29, 1.82) is 0 Å². The van der Waals surface area contributed by atoms with Crippen LogP contribution < -0.4 is 0 Å². The second-order valence-electron chi connectivity index (χ2n) is 7.28. The molecular formula is C22H19NO7. The van der Waals surface area contributed by atoms with Crippen LogP contribution in [0, 0.1) is 16.0 Å². The van der Waals surface area contributed by atoms with Gasteiger partial charge in [0.2, 0.25) is 0 Å². The molecule has 0 saturated heterocycles.